The van der Waals surface area contributed by atoms with Crippen molar-refractivity contribution in [1.29, 1.82) is 0 Å². The summed E-state index contributed by atoms with van der Waals surface area (Å²) >= 11 is 0. The molecule has 4 rings (SSSR count). The number of hydrogen-bond donors (Lipinski definition) is 2. The van der Waals surface area contributed by atoms with E-state index in [0.717, 1.165) is 29.3 Å². The summed E-state index contributed by atoms with van der Waals surface area (Å²) in [5, 5.41) is 8.99. The highest BCUT2D eigenvalue weighted by Crippen LogP contribution is 2.19. The third-order valence-electron chi connectivity index (χ3n) is 5.26. The van der Waals surface area contributed by atoms with Crippen LogP contribution >= 0.6 is 0 Å². The monoisotopic (exact) mass is 399 g/mol. The lowest BCUT2D eigenvalue weighted by Gasteiger charge is -2.09. The van der Waals surface area contributed by atoms with Gasteiger partial charge < -0.3 is 15.2 Å². The number of rotatable bonds is 8. The number of aryl methyl sites for hydroxylation is 1. The summed E-state index contributed by atoms with van der Waals surface area (Å²) in [5.74, 6) is -0.320. The minimum atomic E-state index is -0.168. The first-order valence-corrected chi connectivity index (χ1v) is 10.2. The molecular formula is C25H25N3O2. The number of para-hydroxylation sites is 1. The molecule has 1 heterocycles. The van der Waals surface area contributed by atoms with Crippen molar-refractivity contribution in [3.8, 4) is 0 Å². The predicted molar refractivity (Wildman–Crippen MR) is 120 cm³/mol. The second kappa shape index (κ2) is 9.27. The van der Waals surface area contributed by atoms with Gasteiger partial charge in [0.15, 0.2) is 0 Å². The molecule has 0 aliphatic heterocycles. The quantitative estimate of drug-likeness (QED) is 0.444. The minimum Gasteiger partial charge on any atom is -0.355 e. The van der Waals surface area contributed by atoms with Crippen molar-refractivity contribution in [3.63, 3.8) is 0 Å². The van der Waals surface area contributed by atoms with Crippen LogP contribution in [0.2, 0.25) is 0 Å². The van der Waals surface area contributed by atoms with Crippen LogP contribution in [0.4, 0.5) is 0 Å². The van der Waals surface area contributed by atoms with Gasteiger partial charge in [-0.3, -0.25) is 9.59 Å². The summed E-state index contributed by atoms with van der Waals surface area (Å²) in [6, 6.07) is 24.3. The normalized spacial score (nSPS) is 10.9. The molecule has 0 spiro atoms. The van der Waals surface area contributed by atoms with Gasteiger partial charge in [0, 0.05) is 24.8 Å². The molecule has 30 heavy (non-hydrogen) atoms. The average molecular weight is 399 g/mol. The summed E-state index contributed by atoms with van der Waals surface area (Å²) in [7, 11) is 0. The van der Waals surface area contributed by atoms with Crippen LogP contribution in [0.25, 0.3) is 21.7 Å². The van der Waals surface area contributed by atoms with Crippen LogP contribution in [0.1, 0.15) is 12.0 Å². The van der Waals surface area contributed by atoms with Crippen molar-refractivity contribution in [2.75, 3.05) is 13.1 Å². The van der Waals surface area contributed by atoms with Crippen LogP contribution < -0.4 is 10.6 Å². The minimum absolute atomic E-state index is 0.00392. The van der Waals surface area contributed by atoms with Gasteiger partial charge in [-0.05, 0) is 40.3 Å². The fourth-order valence-electron chi connectivity index (χ4n) is 3.74. The summed E-state index contributed by atoms with van der Waals surface area (Å²) in [5.41, 5.74) is 2.16. The lowest BCUT2D eigenvalue weighted by atomic mass is 10.0. The third kappa shape index (κ3) is 4.69. The van der Waals surface area contributed by atoms with Crippen molar-refractivity contribution >= 4 is 33.5 Å². The molecule has 0 aliphatic carbocycles. The van der Waals surface area contributed by atoms with Crippen LogP contribution in [-0.4, -0.2) is 29.5 Å². The van der Waals surface area contributed by atoms with Gasteiger partial charge in [-0.15, -0.1) is 0 Å². The maximum atomic E-state index is 12.3. The standard InChI is InChI=1S/C25H25N3O2/c29-24(17-21-10-5-9-19-7-1-3-11-22(19)21)27-18-25(30)26-14-6-15-28-16-13-20-8-2-4-12-23(20)28/h1-5,7-13,16H,6,14-15,17-18H2,(H,26,30)(H,27,29). The smallest absolute Gasteiger partial charge is 0.239 e. The highest BCUT2D eigenvalue weighted by molar-refractivity contribution is 5.91. The molecule has 4 aromatic rings. The molecule has 2 N–H and O–H groups in total. The molecule has 0 radical (unpaired) electrons. The molecule has 5 heteroatoms. The van der Waals surface area contributed by atoms with Gasteiger partial charge in [0.1, 0.15) is 0 Å². The highest BCUT2D eigenvalue weighted by Gasteiger charge is 2.09. The molecule has 0 atom stereocenters. The SMILES string of the molecule is O=C(CNC(=O)Cc1cccc2ccccc12)NCCCn1ccc2ccccc21. The zero-order valence-corrected chi connectivity index (χ0v) is 16.8. The molecule has 2 amide bonds. The maximum absolute atomic E-state index is 12.3. The largest absolute Gasteiger partial charge is 0.355 e. The molecule has 0 saturated carbocycles. The van der Waals surface area contributed by atoms with Crippen molar-refractivity contribution in [3.05, 3.63) is 84.6 Å². The van der Waals surface area contributed by atoms with Crippen LogP contribution in [0.15, 0.2) is 79.0 Å². The number of carbonyl (C=O) groups is 2. The predicted octanol–water partition coefficient (Wildman–Crippen LogP) is 3.66. The van der Waals surface area contributed by atoms with Gasteiger partial charge in [0.2, 0.25) is 11.8 Å². The summed E-state index contributed by atoms with van der Waals surface area (Å²) in [6.07, 6.45) is 3.16. The molecule has 0 fully saturated rings. The fraction of sp³-hybridized carbons (Fsp3) is 0.200. The number of nitrogens with zero attached hydrogens (tertiary/aromatic N) is 1. The summed E-state index contributed by atoms with van der Waals surface area (Å²) in [6.45, 7) is 1.40. The lowest BCUT2D eigenvalue weighted by Crippen LogP contribution is -2.38. The Morgan fingerprint density at radius 2 is 1.53 bits per heavy atom. The van der Waals surface area contributed by atoms with Gasteiger partial charge in [0.25, 0.3) is 0 Å². The van der Waals surface area contributed by atoms with Crippen molar-refractivity contribution in [1.82, 2.24) is 15.2 Å². The lowest BCUT2D eigenvalue weighted by molar-refractivity contribution is -0.125. The van der Waals surface area contributed by atoms with Crippen molar-refractivity contribution in [2.24, 2.45) is 0 Å². The van der Waals surface area contributed by atoms with Crippen molar-refractivity contribution in [2.45, 2.75) is 19.4 Å². The van der Waals surface area contributed by atoms with E-state index in [-0.39, 0.29) is 24.8 Å². The molecular weight excluding hydrogens is 374 g/mol. The van der Waals surface area contributed by atoms with Crippen LogP contribution in [-0.2, 0) is 22.6 Å². The first-order valence-electron chi connectivity index (χ1n) is 10.2. The van der Waals surface area contributed by atoms with E-state index < -0.39 is 0 Å². The Bertz CT molecular complexity index is 1170. The van der Waals surface area contributed by atoms with Gasteiger partial charge in [-0.25, -0.2) is 0 Å². The maximum Gasteiger partial charge on any atom is 0.239 e. The first kappa shape index (κ1) is 19.7. The molecule has 152 valence electrons. The Kier molecular flexibility index (Phi) is 6.09. The molecule has 0 saturated heterocycles. The molecule has 0 bridgehead atoms. The summed E-state index contributed by atoms with van der Waals surface area (Å²) < 4.78 is 2.19. The molecule has 3 aromatic carbocycles. The number of carbonyl (C=O) groups excluding carboxylic acids is 2. The molecule has 1 aromatic heterocycles. The first-order chi connectivity index (χ1) is 14.7. The molecule has 0 unspecified atom stereocenters. The second-order valence-corrected chi connectivity index (χ2v) is 7.36. The van der Waals surface area contributed by atoms with Crippen molar-refractivity contribution < 1.29 is 9.59 Å². The Morgan fingerprint density at radius 3 is 2.43 bits per heavy atom. The Balaban J connectivity index is 1.19. The number of hydrogen-bond acceptors (Lipinski definition) is 2. The van der Waals surface area contributed by atoms with E-state index in [4.69, 9.17) is 0 Å². The van der Waals surface area contributed by atoms with Gasteiger partial charge in [0.05, 0.1) is 13.0 Å². The van der Waals surface area contributed by atoms with Crippen LogP contribution in [0, 0.1) is 0 Å². The average Bonchev–Trinajstić information content (AvgIpc) is 3.19. The van der Waals surface area contributed by atoms with E-state index in [2.05, 4.69) is 39.6 Å². The van der Waals surface area contributed by atoms with E-state index in [9.17, 15) is 9.59 Å². The van der Waals surface area contributed by atoms with E-state index in [1.165, 1.54) is 10.9 Å². The highest BCUT2D eigenvalue weighted by atomic mass is 16.2. The van der Waals surface area contributed by atoms with E-state index in [1.807, 2.05) is 54.6 Å². The number of nitrogens with one attached hydrogen (secondary N) is 2. The zero-order valence-electron chi connectivity index (χ0n) is 16.8. The van der Waals surface area contributed by atoms with E-state index in [0.29, 0.717) is 6.54 Å². The third-order valence-corrected chi connectivity index (χ3v) is 5.26. The molecule has 5 nitrogen and oxygen atoms in total. The number of benzene rings is 3. The number of aromatic nitrogens is 1. The number of amides is 2. The topological polar surface area (TPSA) is 63.1 Å². The zero-order chi connectivity index (χ0) is 20.8. The van der Waals surface area contributed by atoms with Gasteiger partial charge in [-0.2, -0.15) is 0 Å². The number of fused-ring (bicyclic) bond motifs is 2. The van der Waals surface area contributed by atoms with Gasteiger partial charge >= 0.3 is 0 Å². The van der Waals surface area contributed by atoms with Gasteiger partial charge in [-0.1, -0.05) is 60.7 Å². The molecule has 0 aliphatic rings. The van der Waals surface area contributed by atoms with E-state index >= 15 is 0 Å². The fourth-order valence-corrected chi connectivity index (χ4v) is 3.74. The van der Waals surface area contributed by atoms with Crippen LogP contribution in [0.3, 0.4) is 0 Å². The Labute approximate surface area is 175 Å². The second-order valence-electron chi connectivity index (χ2n) is 7.36. The Morgan fingerprint density at radius 1 is 0.767 bits per heavy atom. The van der Waals surface area contributed by atoms with Crippen LogP contribution in [0.5, 0.6) is 0 Å². The van der Waals surface area contributed by atoms with E-state index in [1.54, 1.807) is 0 Å². The summed E-state index contributed by atoms with van der Waals surface area (Å²) in [4.78, 5) is 24.3. The Hall–Kier alpha value is -3.60.